The van der Waals surface area contributed by atoms with E-state index in [4.69, 9.17) is 4.52 Å². The number of rotatable bonds is 7. The molecule has 4 rings (SSSR count). The fraction of sp³-hybridized carbons (Fsp3) is 0.238. The van der Waals surface area contributed by atoms with Crippen molar-refractivity contribution in [2.45, 2.75) is 31.8 Å². The van der Waals surface area contributed by atoms with E-state index in [0.29, 0.717) is 11.7 Å². The van der Waals surface area contributed by atoms with Crippen molar-refractivity contribution in [3.63, 3.8) is 0 Å². The van der Waals surface area contributed by atoms with Crippen LogP contribution >= 0.6 is 11.8 Å². The van der Waals surface area contributed by atoms with Gasteiger partial charge < -0.3 is 4.52 Å². The Balaban J connectivity index is 1.35. The molecule has 4 aromatic rings. The van der Waals surface area contributed by atoms with Gasteiger partial charge in [0.2, 0.25) is 11.7 Å². The average Bonchev–Trinajstić information content (AvgIpc) is 3.37. The topological polar surface area (TPSA) is 69.6 Å². The fourth-order valence-electron chi connectivity index (χ4n) is 2.91. The highest BCUT2D eigenvalue weighted by molar-refractivity contribution is 7.99. The Labute approximate surface area is 168 Å². The van der Waals surface area contributed by atoms with Crippen molar-refractivity contribution in [2.75, 3.05) is 5.75 Å². The second-order valence-electron chi connectivity index (χ2n) is 6.60. The molecule has 2 aromatic carbocycles. The van der Waals surface area contributed by atoms with E-state index in [1.165, 1.54) is 11.1 Å². The van der Waals surface area contributed by atoms with Crippen LogP contribution in [0.1, 0.15) is 23.4 Å². The molecule has 0 bridgehead atoms. The Kier molecular flexibility index (Phi) is 5.53. The zero-order valence-electron chi connectivity index (χ0n) is 15.9. The molecule has 0 aliphatic carbocycles. The fourth-order valence-corrected chi connectivity index (χ4v) is 3.78. The van der Waals surface area contributed by atoms with Gasteiger partial charge >= 0.3 is 0 Å². The molecule has 0 atom stereocenters. The van der Waals surface area contributed by atoms with Gasteiger partial charge in [0.15, 0.2) is 5.16 Å². The van der Waals surface area contributed by atoms with E-state index < -0.39 is 0 Å². The van der Waals surface area contributed by atoms with Crippen LogP contribution in [0.3, 0.4) is 0 Å². The summed E-state index contributed by atoms with van der Waals surface area (Å²) in [5, 5.41) is 13.3. The predicted octanol–water partition coefficient (Wildman–Crippen LogP) is 4.66. The average molecular weight is 392 g/mol. The molecule has 0 N–H and O–H groups in total. The third kappa shape index (κ3) is 4.14. The summed E-state index contributed by atoms with van der Waals surface area (Å²) in [6.07, 6.45) is 3.43. The van der Waals surface area contributed by atoms with Crippen molar-refractivity contribution in [2.24, 2.45) is 0 Å². The molecule has 0 spiro atoms. The molecule has 2 aromatic heterocycles. The minimum Gasteiger partial charge on any atom is -0.339 e. The number of benzene rings is 2. The van der Waals surface area contributed by atoms with E-state index in [1.54, 1.807) is 18.1 Å². The molecule has 0 amide bonds. The van der Waals surface area contributed by atoms with Crippen molar-refractivity contribution < 1.29 is 4.52 Å². The highest BCUT2D eigenvalue weighted by Gasteiger charge is 2.11. The zero-order valence-corrected chi connectivity index (χ0v) is 16.7. The number of aryl methyl sites for hydroxylation is 3. The molecule has 0 radical (unpaired) electrons. The summed E-state index contributed by atoms with van der Waals surface area (Å²) in [5.74, 6) is 2.19. The molecule has 142 valence electrons. The van der Waals surface area contributed by atoms with Gasteiger partial charge in [-0.1, -0.05) is 59.4 Å². The Morgan fingerprint density at radius 1 is 1.07 bits per heavy atom. The molecule has 0 aliphatic heterocycles. The van der Waals surface area contributed by atoms with Crippen LogP contribution in [-0.2, 0) is 6.42 Å². The highest BCUT2D eigenvalue weighted by atomic mass is 32.2. The molecule has 0 fully saturated rings. The molecule has 0 saturated heterocycles. The van der Waals surface area contributed by atoms with Crippen molar-refractivity contribution >= 4 is 11.8 Å². The van der Waals surface area contributed by atoms with E-state index >= 15 is 0 Å². The lowest BCUT2D eigenvalue weighted by atomic mass is 10.1. The Morgan fingerprint density at radius 3 is 2.79 bits per heavy atom. The van der Waals surface area contributed by atoms with E-state index in [1.807, 2.05) is 34.9 Å². The first-order chi connectivity index (χ1) is 13.7. The smallest absolute Gasteiger partial charge is 0.226 e. The Bertz CT molecular complexity index is 1060. The lowest BCUT2D eigenvalue weighted by Crippen LogP contribution is -1.99. The minimum atomic E-state index is 0.637. The third-order valence-electron chi connectivity index (χ3n) is 4.41. The maximum atomic E-state index is 5.37. The van der Waals surface area contributed by atoms with Gasteiger partial charge in [0.1, 0.15) is 6.33 Å². The molecule has 2 heterocycles. The highest BCUT2D eigenvalue weighted by Crippen LogP contribution is 2.24. The molecule has 7 heteroatoms. The van der Waals surface area contributed by atoms with Crippen molar-refractivity contribution in [1.82, 2.24) is 24.9 Å². The summed E-state index contributed by atoms with van der Waals surface area (Å²) in [5.41, 5.74) is 4.51. The van der Waals surface area contributed by atoms with Crippen LogP contribution in [0.25, 0.3) is 17.1 Å². The van der Waals surface area contributed by atoms with E-state index in [-0.39, 0.29) is 0 Å². The predicted molar refractivity (Wildman–Crippen MR) is 110 cm³/mol. The second-order valence-corrected chi connectivity index (χ2v) is 7.67. The monoisotopic (exact) mass is 391 g/mol. The molecule has 6 nitrogen and oxygen atoms in total. The maximum absolute atomic E-state index is 5.37. The summed E-state index contributed by atoms with van der Waals surface area (Å²) in [4.78, 5) is 4.48. The summed E-state index contributed by atoms with van der Waals surface area (Å²) >= 11 is 1.69. The first-order valence-corrected chi connectivity index (χ1v) is 10.2. The van der Waals surface area contributed by atoms with E-state index in [0.717, 1.165) is 35.0 Å². The first-order valence-electron chi connectivity index (χ1n) is 9.19. The van der Waals surface area contributed by atoms with Crippen LogP contribution in [0, 0.1) is 13.8 Å². The lowest BCUT2D eigenvalue weighted by molar-refractivity contribution is 0.378. The van der Waals surface area contributed by atoms with Crippen molar-refractivity contribution in [3.05, 3.63) is 71.9 Å². The normalized spacial score (nSPS) is 11.1. The molecule has 0 unspecified atom stereocenters. The molecule has 28 heavy (non-hydrogen) atoms. The van der Waals surface area contributed by atoms with Crippen LogP contribution in [0.4, 0.5) is 0 Å². The minimum absolute atomic E-state index is 0.637. The van der Waals surface area contributed by atoms with Crippen LogP contribution in [-0.4, -0.2) is 30.7 Å². The van der Waals surface area contributed by atoms with E-state index in [2.05, 4.69) is 52.4 Å². The van der Waals surface area contributed by atoms with Crippen LogP contribution in [0.15, 0.2) is 64.5 Å². The molecule has 0 saturated carbocycles. The molecular formula is C21H21N5OS. The molecular weight excluding hydrogens is 370 g/mol. The summed E-state index contributed by atoms with van der Waals surface area (Å²) in [6.45, 7) is 4.19. The standard InChI is InChI=1S/C21H21N5OS/c1-15-10-11-16(2)18(13-15)26-14-22-24-21(26)28-12-6-9-19-23-20(25-27-19)17-7-4-3-5-8-17/h3-5,7-8,10-11,13-14H,6,9,12H2,1-2H3. The number of hydrogen-bond donors (Lipinski definition) is 0. The van der Waals surface area contributed by atoms with Gasteiger partial charge in [0.05, 0.1) is 5.69 Å². The lowest BCUT2D eigenvalue weighted by Gasteiger charge is -2.10. The zero-order chi connectivity index (χ0) is 19.3. The largest absolute Gasteiger partial charge is 0.339 e. The van der Waals surface area contributed by atoms with Crippen molar-refractivity contribution in [1.29, 1.82) is 0 Å². The van der Waals surface area contributed by atoms with E-state index in [9.17, 15) is 0 Å². The number of thioether (sulfide) groups is 1. The quantitative estimate of drug-likeness (QED) is 0.337. The summed E-state index contributed by atoms with van der Waals surface area (Å²) in [7, 11) is 0. The van der Waals surface area contributed by atoms with Crippen molar-refractivity contribution in [3.8, 4) is 17.1 Å². The van der Waals surface area contributed by atoms with Gasteiger partial charge in [-0.2, -0.15) is 4.98 Å². The summed E-state index contributed by atoms with van der Waals surface area (Å²) in [6, 6.07) is 16.3. The summed E-state index contributed by atoms with van der Waals surface area (Å²) < 4.78 is 7.42. The Hall–Kier alpha value is -2.93. The van der Waals surface area contributed by atoms with Crippen LogP contribution < -0.4 is 0 Å². The SMILES string of the molecule is Cc1ccc(C)c(-n2cnnc2SCCCc2nc(-c3ccccc3)no2)c1. The van der Waals surface area contributed by atoms with Gasteiger partial charge in [-0.3, -0.25) is 4.57 Å². The van der Waals surface area contributed by atoms with Gasteiger partial charge in [0, 0.05) is 17.7 Å². The van der Waals surface area contributed by atoms with Gasteiger partial charge in [-0.15, -0.1) is 10.2 Å². The van der Waals surface area contributed by atoms with Gasteiger partial charge in [0.25, 0.3) is 0 Å². The van der Waals surface area contributed by atoms with Gasteiger partial charge in [-0.25, -0.2) is 0 Å². The number of aromatic nitrogens is 5. The van der Waals surface area contributed by atoms with Crippen LogP contribution in [0.5, 0.6) is 0 Å². The third-order valence-corrected chi connectivity index (χ3v) is 5.44. The van der Waals surface area contributed by atoms with Crippen LogP contribution in [0.2, 0.25) is 0 Å². The Morgan fingerprint density at radius 2 is 1.93 bits per heavy atom. The number of nitrogens with zero attached hydrogens (tertiary/aromatic N) is 5. The molecule has 0 aliphatic rings. The number of hydrogen-bond acceptors (Lipinski definition) is 6. The first kappa shape index (κ1) is 18.4. The van der Waals surface area contributed by atoms with Gasteiger partial charge in [-0.05, 0) is 37.5 Å². The maximum Gasteiger partial charge on any atom is 0.226 e. The second kappa shape index (κ2) is 8.39.